The second-order valence-corrected chi connectivity index (χ2v) is 7.99. The van der Waals surface area contributed by atoms with Crippen molar-refractivity contribution in [2.24, 2.45) is 0 Å². The monoisotopic (exact) mass is 389 g/mol. The van der Waals surface area contributed by atoms with Crippen LogP contribution < -0.4 is 10.0 Å². The lowest BCUT2D eigenvalue weighted by molar-refractivity contribution is 0.0716. The molecule has 2 aliphatic rings. The third-order valence-electron chi connectivity index (χ3n) is 4.55. The minimum Gasteiger partial charge on any atom is -0.385 e. The van der Waals surface area contributed by atoms with Crippen molar-refractivity contribution in [2.75, 3.05) is 33.4 Å². The second-order valence-electron chi connectivity index (χ2n) is 6.22. The van der Waals surface area contributed by atoms with E-state index in [9.17, 15) is 13.2 Å². The molecule has 1 aromatic rings. The number of carbonyl (C=O) groups is 1. The lowest BCUT2D eigenvalue weighted by atomic mass is 10.2. The van der Waals surface area contributed by atoms with E-state index >= 15 is 0 Å². The Morgan fingerprint density at radius 3 is 2.64 bits per heavy atom. The number of ether oxygens (including phenoxy) is 1. The van der Waals surface area contributed by atoms with Gasteiger partial charge in [-0.3, -0.25) is 4.79 Å². The third-order valence-corrected chi connectivity index (χ3v) is 6.02. The van der Waals surface area contributed by atoms with Crippen LogP contribution in [-0.2, 0) is 14.8 Å². The van der Waals surface area contributed by atoms with Crippen LogP contribution in [0.1, 0.15) is 23.2 Å². The number of rotatable bonds is 7. The summed E-state index contributed by atoms with van der Waals surface area (Å²) in [7, 11) is -1.98. The van der Waals surface area contributed by atoms with Crippen molar-refractivity contribution in [3.63, 3.8) is 0 Å². The Hall–Kier alpha value is -1.19. The highest BCUT2D eigenvalue weighted by Gasteiger charge is 2.40. The van der Waals surface area contributed by atoms with Crippen LogP contribution in [0.2, 0.25) is 0 Å². The highest BCUT2D eigenvalue weighted by atomic mass is 35.5. The number of piperazine rings is 1. The summed E-state index contributed by atoms with van der Waals surface area (Å²) in [5.74, 6) is -0.0269. The average molecular weight is 390 g/mol. The van der Waals surface area contributed by atoms with Gasteiger partial charge in [0.1, 0.15) is 0 Å². The molecule has 25 heavy (non-hydrogen) atoms. The van der Waals surface area contributed by atoms with Gasteiger partial charge in [0.15, 0.2) is 0 Å². The van der Waals surface area contributed by atoms with E-state index in [4.69, 9.17) is 4.74 Å². The van der Waals surface area contributed by atoms with Gasteiger partial charge >= 0.3 is 0 Å². The van der Waals surface area contributed by atoms with E-state index in [1.54, 1.807) is 19.2 Å². The Balaban J connectivity index is 0.00000225. The van der Waals surface area contributed by atoms with Gasteiger partial charge in [0.05, 0.1) is 4.90 Å². The molecule has 2 bridgehead atoms. The van der Waals surface area contributed by atoms with Gasteiger partial charge in [-0.05, 0) is 37.1 Å². The molecule has 7 nitrogen and oxygen atoms in total. The van der Waals surface area contributed by atoms with Crippen LogP contribution in [-0.4, -0.2) is 64.7 Å². The number of amides is 1. The molecule has 2 heterocycles. The van der Waals surface area contributed by atoms with E-state index in [1.807, 2.05) is 4.90 Å². The van der Waals surface area contributed by atoms with Crippen molar-refractivity contribution in [2.45, 2.75) is 29.8 Å². The number of sulfonamides is 1. The Kier molecular flexibility index (Phi) is 6.81. The predicted octanol–water partition coefficient (Wildman–Crippen LogP) is 0.610. The van der Waals surface area contributed by atoms with Gasteiger partial charge in [0.25, 0.3) is 5.91 Å². The summed E-state index contributed by atoms with van der Waals surface area (Å²) in [6, 6.07) is 6.80. The third kappa shape index (κ3) is 4.51. The quantitative estimate of drug-likeness (QED) is 0.667. The van der Waals surface area contributed by atoms with Gasteiger partial charge < -0.3 is 15.0 Å². The molecule has 2 saturated heterocycles. The van der Waals surface area contributed by atoms with Gasteiger partial charge in [0.2, 0.25) is 10.0 Å². The number of halogens is 1. The van der Waals surface area contributed by atoms with Crippen LogP contribution in [0.4, 0.5) is 0 Å². The molecule has 0 unspecified atom stereocenters. The molecule has 0 saturated carbocycles. The predicted molar refractivity (Wildman–Crippen MR) is 96.6 cm³/mol. The van der Waals surface area contributed by atoms with Crippen LogP contribution in [0.5, 0.6) is 0 Å². The first-order valence-electron chi connectivity index (χ1n) is 8.14. The van der Waals surface area contributed by atoms with Gasteiger partial charge in [0, 0.05) is 51.0 Å². The number of hydrogen-bond donors (Lipinski definition) is 2. The molecular weight excluding hydrogens is 366 g/mol. The molecule has 0 aromatic heterocycles. The minimum atomic E-state index is -3.55. The summed E-state index contributed by atoms with van der Waals surface area (Å²) >= 11 is 0. The summed E-state index contributed by atoms with van der Waals surface area (Å²) in [4.78, 5) is 14.6. The smallest absolute Gasteiger partial charge is 0.254 e. The fourth-order valence-electron chi connectivity index (χ4n) is 3.26. The molecular formula is C16H24ClN3O4S. The molecule has 1 aromatic carbocycles. The number of carbonyl (C=O) groups excluding carboxylic acids is 1. The van der Waals surface area contributed by atoms with Crippen LogP contribution >= 0.6 is 12.4 Å². The Bertz CT molecular complexity index is 696. The van der Waals surface area contributed by atoms with E-state index in [0.717, 1.165) is 19.5 Å². The standard InChI is InChI=1S/C16H23N3O4S.ClH/c1-23-8-2-7-18-24(21,22)15-5-3-12(4-6-15)16(20)19-11-13-9-14(19)10-17-13;/h3-6,13-14,17-18H,2,7-11H2,1H3;1H/t13-,14-;/m0./s1. The second kappa shape index (κ2) is 8.46. The van der Waals surface area contributed by atoms with Gasteiger partial charge in [-0.15, -0.1) is 12.4 Å². The highest BCUT2D eigenvalue weighted by Crippen LogP contribution is 2.25. The van der Waals surface area contributed by atoms with Crippen molar-refractivity contribution in [1.29, 1.82) is 0 Å². The van der Waals surface area contributed by atoms with Crippen molar-refractivity contribution < 1.29 is 17.9 Å². The van der Waals surface area contributed by atoms with E-state index in [-0.39, 0.29) is 29.3 Å². The van der Waals surface area contributed by atoms with Crippen LogP contribution in [0.25, 0.3) is 0 Å². The largest absolute Gasteiger partial charge is 0.385 e. The lowest BCUT2D eigenvalue weighted by Gasteiger charge is -2.27. The number of fused-ring (bicyclic) bond motifs is 2. The Labute approximate surface area is 154 Å². The van der Waals surface area contributed by atoms with Gasteiger partial charge in [-0.1, -0.05) is 0 Å². The zero-order valence-electron chi connectivity index (χ0n) is 14.1. The van der Waals surface area contributed by atoms with E-state index in [0.29, 0.717) is 31.2 Å². The molecule has 0 radical (unpaired) electrons. The zero-order valence-corrected chi connectivity index (χ0v) is 15.7. The van der Waals surface area contributed by atoms with E-state index < -0.39 is 10.0 Å². The number of benzene rings is 1. The molecule has 1 amide bonds. The molecule has 3 rings (SSSR count). The van der Waals surface area contributed by atoms with Crippen LogP contribution in [0.3, 0.4) is 0 Å². The van der Waals surface area contributed by atoms with Gasteiger partial charge in [-0.25, -0.2) is 13.1 Å². The summed E-state index contributed by atoms with van der Waals surface area (Å²) in [6.07, 6.45) is 1.61. The van der Waals surface area contributed by atoms with Crippen LogP contribution in [0, 0.1) is 0 Å². The lowest BCUT2D eigenvalue weighted by Crippen LogP contribution is -2.46. The molecule has 2 atom stereocenters. The number of methoxy groups -OCH3 is 1. The molecule has 0 spiro atoms. The van der Waals surface area contributed by atoms with Crippen LogP contribution in [0.15, 0.2) is 29.2 Å². The maximum absolute atomic E-state index is 12.6. The van der Waals surface area contributed by atoms with Crippen molar-refractivity contribution in [1.82, 2.24) is 14.9 Å². The number of hydrogen-bond acceptors (Lipinski definition) is 5. The first-order valence-corrected chi connectivity index (χ1v) is 9.62. The topological polar surface area (TPSA) is 87.7 Å². The number of likely N-dealkylation sites (tertiary alicyclic amines) is 1. The molecule has 140 valence electrons. The summed E-state index contributed by atoms with van der Waals surface area (Å²) in [5.41, 5.74) is 0.529. The first kappa shape index (κ1) is 20.1. The van der Waals surface area contributed by atoms with Gasteiger partial charge in [-0.2, -0.15) is 0 Å². The maximum atomic E-state index is 12.6. The summed E-state index contributed by atoms with van der Waals surface area (Å²) in [6.45, 7) is 2.39. The highest BCUT2D eigenvalue weighted by molar-refractivity contribution is 7.89. The SMILES string of the molecule is COCCCNS(=O)(=O)c1ccc(C(=O)N2C[C@@H]3C[C@H]2CN3)cc1.Cl. The summed E-state index contributed by atoms with van der Waals surface area (Å²) in [5, 5.41) is 3.36. The molecule has 2 N–H and O–H groups in total. The maximum Gasteiger partial charge on any atom is 0.254 e. The van der Waals surface area contributed by atoms with Crippen molar-refractivity contribution >= 4 is 28.3 Å². The zero-order chi connectivity index (χ0) is 17.2. The van der Waals surface area contributed by atoms with E-state index in [2.05, 4.69) is 10.0 Å². The minimum absolute atomic E-state index is 0. The Morgan fingerprint density at radius 2 is 2.08 bits per heavy atom. The molecule has 2 fully saturated rings. The number of nitrogens with one attached hydrogen (secondary N) is 2. The summed E-state index contributed by atoms with van der Waals surface area (Å²) < 4.78 is 31.8. The average Bonchev–Trinajstić information content (AvgIpc) is 3.21. The van der Waals surface area contributed by atoms with Crippen molar-refractivity contribution in [3.05, 3.63) is 29.8 Å². The molecule has 9 heteroatoms. The number of nitrogens with zero attached hydrogens (tertiary/aromatic N) is 1. The fraction of sp³-hybridized carbons (Fsp3) is 0.562. The fourth-order valence-corrected chi connectivity index (χ4v) is 4.33. The normalized spacial score (nSPS) is 22.0. The first-order chi connectivity index (χ1) is 11.5. The molecule has 0 aliphatic carbocycles. The van der Waals surface area contributed by atoms with E-state index in [1.165, 1.54) is 12.1 Å². The molecule has 2 aliphatic heterocycles. The van der Waals surface area contributed by atoms with Crippen molar-refractivity contribution in [3.8, 4) is 0 Å². The Morgan fingerprint density at radius 1 is 1.36 bits per heavy atom.